The first kappa shape index (κ1) is 11.2. The summed E-state index contributed by atoms with van der Waals surface area (Å²) < 4.78 is 4.79. The number of carbonyl (C=O) groups is 1. The van der Waals surface area contributed by atoms with Crippen LogP contribution in [0.1, 0.15) is 20.8 Å². The lowest BCUT2D eigenvalue weighted by atomic mass is 10.2. The topological polar surface area (TPSA) is 58.6 Å². The second-order valence-electron chi connectivity index (χ2n) is 3.22. The summed E-state index contributed by atoms with van der Waals surface area (Å²) in [6, 6.07) is 0. The highest BCUT2D eigenvalue weighted by atomic mass is 16.5. The zero-order valence-corrected chi connectivity index (χ0v) is 7.83. The molecule has 0 aliphatic heterocycles. The van der Waals surface area contributed by atoms with Gasteiger partial charge in [-0.1, -0.05) is 13.8 Å². The van der Waals surface area contributed by atoms with Gasteiger partial charge in [0.2, 0.25) is 0 Å². The van der Waals surface area contributed by atoms with Gasteiger partial charge in [-0.25, -0.2) is 4.79 Å². The lowest BCUT2D eigenvalue weighted by molar-refractivity contribution is 0.124. The SMILES string of the molecule is CC(C)COC(=O)NCC(C)O. The van der Waals surface area contributed by atoms with E-state index in [0.717, 1.165) is 0 Å². The monoisotopic (exact) mass is 175 g/mol. The molecule has 1 unspecified atom stereocenters. The van der Waals surface area contributed by atoms with Gasteiger partial charge in [-0.05, 0) is 12.8 Å². The maximum atomic E-state index is 10.8. The van der Waals surface area contributed by atoms with Crippen LogP contribution in [0.4, 0.5) is 4.79 Å². The molecule has 0 aliphatic carbocycles. The maximum absolute atomic E-state index is 10.8. The summed E-state index contributed by atoms with van der Waals surface area (Å²) in [5.41, 5.74) is 0. The van der Waals surface area contributed by atoms with Gasteiger partial charge in [0, 0.05) is 6.54 Å². The summed E-state index contributed by atoms with van der Waals surface area (Å²) in [7, 11) is 0. The number of aliphatic hydroxyl groups excluding tert-OH is 1. The van der Waals surface area contributed by atoms with Crippen molar-refractivity contribution in [1.29, 1.82) is 0 Å². The smallest absolute Gasteiger partial charge is 0.407 e. The minimum absolute atomic E-state index is 0.233. The van der Waals surface area contributed by atoms with E-state index in [9.17, 15) is 4.79 Å². The van der Waals surface area contributed by atoms with Crippen LogP contribution >= 0.6 is 0 Å². The molecule has 0 aromatic rings. The van der Waals surface area contributed by atoms with Crippen LogP contribution in [-0.2, 0) is 4.74 Å². The second-order valence-corrected chi connectivity index (χ2v) is 3.22. The van der Waals surface area contributed by atoms with E-state index in [4.69, 9.17) is 9.84 Å². The summed E-state index contributed by atoms with van der Waals surface area (Å²) in [5, 5.41) is 11.2. The van der Waals surface area contributed by atoms with Crippen molar-refractivity contribution >= 4 is 6.09 Å². The summed E-state index contributed by atoms with van der Waals surface area (Å²) in [5.74, 6) is 0.335. The minimum atomic E-state index is -0.531. The number of aliphatic hydroxyl groups is 1. The van der Waals surface area contributed by atoms with E-state index in [1.165, 1.54) is 0 Å². The maximum Gasteiger partial charge on any atom is 0.407 e. The van der Waals surface area contributed by atoms with E-state index in [1.54, 1.807) is 6.92 Å². The molecule has 4 heteroatoms. The summed E-state index contributed by atoms with van der Waals surface area (Å²) in [6.07, 6.45) is -0.999. The molecular formula is C8H17NO3. The van der Waals surface area contributed by atoms with Gasteiger partial charge >= 0.3 is 6.09 Å². The molecule has 0 fully saturated rings. The molecule has 12 heavy (non-hydrogen) atoms. The lowest BCUT2D eigenvalue weighted by Crippen LogP contribution is -2.31. The molecule has 0 rings (SSSR count). The van der Waals surface area contributed by atoms with Crippen LogP contribution in [0.3, 0.4) is 0 Å². The molecule has 2 N–H and O–H groups in total. The Hall–Kier alpha value is -0.770. The third kappa shape index (κ3) is 7.34. The van der Waals surface area contributed by atoms with E-state index in [-0.39, 0.29) is 6.54 Å². The minimum Gasteiger partial charge on any atom is -0.449 e. The standard InChI is InChI=1S/C8H17NO3/c1-6(2)5-12-8(11)9-4-7(3)10/h6-7,10H,4-5H2,1-3H3,(H,9,11). The van der Waals surface area contributed by atoms with Crippen molar-refractivity contribution in [2.24, 2.45) is 5.92 Å². The van der Waals surface area contributed by atoms with Crippen LogP contribution in [0.2, 0.25) is 0 Å². The Kier molecular flexibility index (Phi) is 5.45. The second kappa shape index (κ2) is 5.83. The third-order valence-corrected chi connectivity index (χ3v) is 1.09. The van der Waals surface area contributed by atoms with Crippen LogP contribution in [0.15, 0.2) is 0 Å². The Morgan fingerprint density at radius 1 is 1.50 bits per heavy atom. The molecule has 0 aromatic heterocycles. The quantitative estimate of drug-likeness (QED) is 0.662. The van der Waals surface area contributed by atoms with Gasteiger partial charge in [0.1, 0.15) is 0 Å². The fourth-order valence-electron chi connectivity index (χ4n) is 0.524. The summed E-state index contributed by atoms with van der Waals surface area (Å²) >= 11 is 0. The third-order valence-electron chi connectivity index (χ3n) is 1.09. The van der Waals surface area contributed by atoms with E-state index in [1.807, 2.05) is 13.8 Å². The first-order chi connectivity index (χ1) is 5.52. The van der Waals surface area contributed by atoms with Gasteiger partial charge in [0.25, 0.3) is 0 Å². The number of hydrogen-bond donors (Lipinski definition) is 2. The molecule has 0 bridgehead atoms. The Balaban J connectivity index is 3.34. The van der Waals surface area contributed by atoms with Crippen LogP contribution in [0.25, 0.3) is 0 Å². The summed E-state index contributed by atoms with van der Waals surface area (Å²) in [4.78, 5) is 10.8. The summed E-state index contributed by atoms with van der Waals surface area (Å²) in [6.45, 7) is 6.16. The molecule has 0 saturated carbocycles. The predicted molar refractivity (Wildman–Crippen MR) is 45.9 cm³/mol. The molecule has 4 nitrogen and oxygen atoms in total. The molecular weight excluding hydrogens is 158 g/mol. The largest absolute Gasteiger partial charge is 0.449 e. The van der Waals surface area contributed by atoms with Gasteiger partial charge in [-0.3, -0.25) is 0 Å². The van der Waals surface area contributed by atoms with Crippen molar-refractivity contribution in [3.8, 4) is 0 Å². The average molecular weight is 175 g/mol. The number of alkyl carbamates (subject to hydrolysis) is 1. The van der Waals surface area contributed by atoms with E-state index in [0.29, 0.717) is 12.5 Å². The van der Waals surface area contributed by atoms with Crippen molar-refractivity contribution in [2.75, 3.05) is 13.2 Å². The van der Waals surface area contributed by atoms with Gasteiger partial charge in [0.05, 0.1) is 12.7 Å². The molecule has 0 aromatic carbocycles. The fourth-order valence-corrected chi connectivity index (χ4v) is 0.524. The Morgan fingerprint density at radius 2 is 2.08 bits per heavy atom. The Bertz CT molecular complexity index is 120. The number of hydrogen-bond acceptors (Lipinski definition) is 3. The Labute approximate surface area is 72.9 Å². The van der Waals surface area contributed by atoms with Crippen LogP contribution in [0.5, 0.6) is 0 Å². The van der Waals surface area contributed by atoms with Crippen LogP contribution < -0.4 is 5.32 Å². The fraction of sp³-hybridized carbons (Fsp3) is 0.875. The Morgan fingerprint density at radius 3 is 2.50 bits per heavy atom. The van der Waals surface area contributed by atoms with Gasteiger partial charge in [-0.15, -0.1) is 0 Å². The zero-order chi connectivity index (χ0) is 9.56. The van der Waals surface area contributed by atoms with Crippen molar-refractivity contribution in [2.45, 2.75) is 26.9 Å². The number of carbonyl (C=O) groups excluding carboxylic acids is 1. The number of ether oxygens (including phenoxy) is 1. The predicted octanol–water partition coefficient (Wildman–Crippen LogP) is 0.749. The number of rotatable bonds is 4. The van der Waals surface area contributed by atoms with Crippen molar-refractivity contribution in [1.82, 2.24) is 5.32 Å². The molecule has 0 radical (unpaired) electrons. The van der Waals surface area contributed by atoms with E-state index < -0.39 is 12.2 Å². The van der Waals surface area contributed by atoms with Crippen molar-refractivity contribution in [3.05, 3.63) is 0 Å². The van der Waals surface area contributed by atoms with E-state index >= 15 is 0 Å². The molecule has 0 saturated heterocycles. The van der Waals surface area contributed by atoms with Gasteiger partial charge in [-0.2, -0.15) is 0 Å². The van der Waals surface area contributed by atoms with Crippen molar-refractivity contribution < 1.29 is 14.6 Å². The van der Waals surface area contributed by atoms with Crippen molar-refractivity contribution in [3.63, 3.8) is 0 Å². The highest BCUT2D eigenvalue weighted by Crippen LogP contribution is 1.92. The zero-order valence-electron chi connectivity index (χ0n) is 7.83. The number of nitrogens with one attached hydrogen (secondary N) is 1. The molecule has 72 valence electrons. The number of amides is 1. The molecule has 0 spiro atoms. The average Bonchev–Trinajstić information content (AvgIpc) is 1.96. The molecule has 1 atom stereocenters. The first-order valence-electron chi connectivity index (χ1n) is 4.11. The highest BCUT2D eigenvalue weighted by molar-refractivity contribution is 5.67. The lowest BCUT2D eigenvalue weighted by Gasteiger charge is -2.09. The van der Waals surface area contributed by atoms with Gasteiger partial charge < -0.3 is 15.2 Å². The van der Waals surface area contributed by atoms with Crippen LogP contribution in [0, 0.1) is 5.92 Å². The molecule has 0 heterocycles. The van der Waals surface area contributed by atoms with Gasteiger partial charge in [0.15, 0.2) is 0 Å². The molecule has 0 aliphatic rings. The normalized spacial score (nSPS) is 12.8. The highest BCUT2D eigenvalue weighted by Gasteiger charge is 2.03. The first-order valence-corrected chi connectivity index (χ1v) is 4.11. The molecule has 1 amide bonds. The van der Waals surface area contributed by atoms with E-state index in [2.05, 4.69) is 5.32 Å². The van der Waals surface area contributed by atoms with Crippen LogP contribution in [-0.4, -0.2) is 30.5 Å².